The molecule has 2 heterocycles. The van der Waals surface area contributed by atoms with Gasteiger partial charge in [-0.05, 0) is 31.8 Å². The van der Waals surface area contributed by atoms with E-state index in [4.69, 9.17) is 0 Å². The first-order valence-corrected chi connectivity index (χ1v) is 7.08. The Morgan fingerprint density at radius 1 is 1.58 bits per heavy atom. The monoisotopic (exact) mass is 264 g/mol. The Morgan fingerprint density at radius 2 is 2.42 bits per heavy atom. The van der Waals surface area contributed by atoms with Crippen molar-refractivity contribution in [2.45, 2.75) is 33.1 Å². The molecule has 1 aliphatic rings. The zero-order valence-corrected chi connectivity index (χ0v) is 11.8. The molecule has 0 saturated carbocycles. The first kappa shape index (κ1) is 14.1. The fraction of sp³-hybridized carbons (Fsp3) is 0.714. The van der Waals surface area contributed by atoms with E-state index in [1.807, 2.05) is 13.8 Å². The summed E-state index contributed by atoms with van der Waals surface area (Å²) < 4.78 is 0. The molecule has 19 heavy (non-hydrogen) atoms. The zero-order valence-electron chi connectivity index (χ0n) is 11.8. The Balaban J connectivity index is 1.80. The first-order valence-electron chi connectivity index (χ1n) is 7.08. The minimum Gasteiger partial charge on any atom is -0.355 e. The molecule has 0 aliphatic carbocycles. The van der Waals surface area contributed by atoms with Crippen molar-refractivity contribution in [2.24, 2.45) is 11.3 Å². The summed E-state index contributed by atoms with van der Waals surface area (Å²) >= 11 is 0. The number of aromatic nitrogens is 2. The van der Waals surface area contributed by atoms with Gasteiger partial charge in [-0.1, -0.05) is 13.8 Å². The Morgan fingerprint density at radius 3 is 3.05 bits per heavy atom. The Hall–Kier alpha value is -1.36. The number of nitrogens with one attached hydrogen (secondary N) is 3. The average molecular weight is 264 g/mol. The summed E-state index contributed by atoms with van der Waals surface area (Å²) in [5.74, 6) is 1.48. The SMILES string of the molecule is CC(C)(C(=O)NCCc1ncc[nH]1)C1CCCNC1. The molecule has 5 nitrogen and oxygen atoms in total. The van der Waals surface area contributed by atoms with Crippen molar-refractivity contribution >= 4 is 5.91 Å². The third-order valence-corrected chi connectivity index (χ3v) is 4.10. The molecule has 1 amide bonds. The second-order valence-electron chi connectivity index (χ2n) is 5.81. The van der Waals surface area contributed by atoms with Gasteiger partial charge >= 0.3 is 0 Å². The molecule has 1 aromatic rings. The molecule has 5 heteroatoms. The van der Waals surface area contributed by atoms with Crippen LogP contribution in [0, 0.1) is 11.3 Å². The molecule has 1 unspecified atom stereocenters. The third kappa shape index (κ3) is 3.56. The van der Waals surface area contributed by atoms with Gasteiger partial charge in [-0.3, -0.25) is 4.79 Å². The van der Waals surface area contributed by atoms with Crippen molar-refractivity contribution < 1.29 is 4.79 Å². The predicted molar refractivity (Wildman–Crippen MR) is 74.7 cm³/mol. The van der Waals surface area contributed by atoms with Crippen LogP contribution in [0.3, 0.4) is 0 Å². The molecule has 1 atom stereocenters. The number of aromatic amines is 1. The molecule has 0 aromatic carbocycles. The lowest BCUT2D eigenvalue weighted by Crippen LogP contribution is -2.47. The highest BCUT2D eigenvalue weighted by molar-refractivity contribution is 5.82. The van der Waals surface area contributed by atoms with Gasteiger partial charge in [0, 0.05) is 30.8 Å². The van der Waals surface area contributed by atoms with Gasteiger partial charge in [0.15, 0.2) is 0 Å². The molecule has 1 saturated heterocycles. The summed E-state index contributed by atoms with van der Waals surface area (Å²) in [5.41, 5.74) is -0.309. The molecule has 0 radical (unpaired) electrons. The van der Waals surface area contributed by atoms with Crippen molar-refractivity contribution in [1.29, 1.82) is 0 Å². The van der Waals surface area contributed by atoms with Gasteiger partial charge in [0.2, 0.25) is 5.91 Å². The summed E-state index contributed by atoms with van der Waals surface area (Å²) in [7, 11) is 0. The number of carbonyl (C=O) groups is 1. The Kier molecular flexibility index (Phi) is 4.58. The van der Waals surface area contributed by atoms with Crippen LogP contribution in [-0.4, -0.2) is 35.5 Å². The number of piperidine rings is 1. The van der Waals surface area contributed by atoms with Crippen LogP contribution in [-0.2, 0) is 11.2 Å². The number of nitrogens with zero attached hydrogens (tertiary/aromatic N) is 1. The van der Waals surface area contributed by atoms with E-state index in [9.17, 15) is 4.79 Å². The van der Waals surface area contributed by atoms with E-state index in [0.29, 0.717) is 12.5 Å². The standard InChI is InChI=1S/C14H24N4O/c1-14(2,11-4-3-6-15-10-11)13(19)18-7-5-12-16-8-9-17-12/h8-9,11,15H,3-7,10H2,1-2H3,(H,16,17)(H,18,19). The smallest absolute Gasteiger partial charge is 0.225 e. The van der Waals surface area contributed by atoms with Gasteiger partial charge < -0.3 is 15.6 Å². The van der Waals surface area contributed by atoms with Crippen LogP contribution in [0.15, 0.2) is 12.4 Å². The minimum absolute atomic E-state index is 0.146. The lowest BCUT2D eigenvalue weighted by Gasteiger charge is -2.36. The van der Waals surface area contributed by atoms with E-state index in [0.717, 1.165) is 38.2 Å². The normalized spacial score (nSPS) is 20.2. The van der Waals surface area contributed by atoms with Crippen LogP contribution in [0.2, 0.25) is 0 Å². The number of H-pyrrole nitrogens is 1. The van der Waals surface area contributed by atoms with Crippen LogP contribution in [0.25, 0.3) is 0 Å². The molecule has 1 aromatic heterocycles. The largest absolute Gasteiger partial charge is 0.355 e. The van der Waals surface area contributed by atoms with E-state index in [-0.39, 0.29) is 11.3 Å². The van der Waals surface area contributed by atoms with Crippen LogP contribution in [0.5, 0.6) is 0 Å². The van der Waals surface area contributed by atoms with E-state index >= 15 is 0 Å². The maximum atomic E-state index is 12.3. The van der Waals surface area contributed by atoms with Crippen molar-refractivity contribution in [3.8, 4) is 0 Å². The van der Waals surface area contributed by atoms with Gasteiger partial charge in [0.25, 0.3) is 0 Å². The lowest BCUT2D eigenvalue weighted by molar-refractivity contribution is -0.132. The van der Waals surface area contributed by atoms with Gasteiger partial charge in [-0.2, -0.15) is 0 Å². The second-order valence-corrected chi connectivity index (χ2v) is 5.81. The average Bonchev–Trinajstić information content (AvgIpc) is 2.93. The summed E-state index contributed by atoms with van der Waals surface area (Å²) in [4.78, 5) is 19.5. The Bertz CT molecular complexity index is 394. The topological polar surface area (TPSA) is 69.8 Å². The molecule has 106 valence electrons. The van der Waals surface area contributed by atoms with Crippen molar-refractivity contribution in [1.82, 2.24) is 20.6 Å². The number of hydrogen-bond donors (Lipinski definition) is 3. The highest BCUT2D eigenvalue weighted by Crippen LogP contribution is 2.31. The highest BCUT2D eigenvalue weighted by atomic mass is 16.2. The first-order chi connectivity index (χ1) is 9.10. The van der Waals surface area contributed by atoms with Crippen molar-refractivity contribution in [2.75, 3.05) is 19.6 Å². The highest BCUT2D eigenvalue weighted by Gasteiger charge is 2.36. The van der Waals surface area contributed by atoms with Gasteiger partial charge in [-0.25, -0.2) is 4.98 Å². The van der Waals surface area contributed by atoms with Crippen LogP contribution in [0.1, 0.15) is 32.5 Å². The van der Waals surface area contributed by atoms with Gasteiger partial charge in [-0.15, -0.1) is 0 Å². The molecule has 2 rings (SSSR count). The van der Waals surface area contributed by atoms with Crippen molar-refractivity contribution in [3.05, 3.63) is 18.2 Å². The van der Waals surface area contributed by atoms with Crippen LogP contribution < -0.4 is 10.6 Å². The Labute approximate surface area is 114 Å². The lowest BCUT2D eigenvalue weighted by atomic mass is 9.74. The number of carbonyl (C=O) groups excluding carboxylic acids is 1. The number of imidazole rings is 1. The predicted octanol–water partition coefficient (Wildman–Crippen LogP) is 1.09. The van der Waals surface area contributed by atoms with Crippen LogP contribution >= 0.6 is 0 Å². The number of amides is 1. The van der Waals surface area contributed by atoms with E-state index in [1.54, 1.807) is 12.4 Å². The minimum atomic E-state index is -0.309. The number of hydrogen-bond acceptors (Lipinski definition) is 3. The molecular weight excluding hydrogens is 240 g/mol. The zero-order chi connectivity index (χ0) is 13.7. The van der Waals surface area contributed by atoms with Crippen molar-refractivity contribution in [3.63, 3.8) is 0 Å². The summed E-state index contributed by atoms with van der Waals surface area (Å²) in [5, 5.41) is 6.41. The second kappa shape index (κ2) is 6.19. The van der Waals surface area contributed by atoms with Gasteiger partial charge in [0.05, 0.1) is 0 Å². The molecule has 0 spiro atoms. The van der Waals surface area contributed by atoms with E-state index in [2.05, 4.69) is 20.6 Å². The molecule has 1 fully saturated rings. The van der Waals surface area contributed by atoms with Crippen LogP contribution in [0.4, 0.5) is 0 Å². The maximum Gasteiger partial charge on any atom is 0.225 e. The maximum absolute atomic E-state index is 12.3. The van der Waals surface area contributed by atoms with E-state index in [1.165, 1.54) is 0 Å². The number of rotatable bonds is 5. The molecule has 1 aliphatic heterocycles. The fourth-order valence-electron chi connectivity index (χ4n) is 2.61. The fourth-order valence-corrected chi connectivity index (χ4v) is 2.61. The summed E-state index contributed by atoms with van der Waals surface area (Å²) in [6, 6.07) is 0. The molecule has 0 bridgehead atoms. The summed E-state index contributed by atoms with van der Waals surface area (Å²) in [6.45, 7) is 6.75. The molecule has 3 N–H and O–H groups in total. The summed E-state index contributed by atoms with van der Waals surface area (Å²) in [6.07, 6.45) is 6.57. The molecular formula is C14H24N4O. The third-order valence-electron chi connectivity index (χ3n) is 4.10. The quantitative estimate of drug-likeness (QED) is 0.745. The van der Waals surface area contributed by atoms with E-state index < -0.39 is 0 Å². The van der Waals surface area contributed by atoms with Gasteiger partial charge in [0.1, 0.15) is 5.82 Å².